The largest absolute Gasteiger partial charge is 0.497 e. The van der Waals surface area contributed by atoms with Gasteiger partial charge in [0.2, 0.25) is 0 Å². The van der Waals surface area contributed by atoms with Gasteiger partial charge in [0.25, 0.3) is 0 Å². The van der Waals surface area contributed by atoms with Gasteiger partial charge in [0.15, 0.2) is 0 Å². The number of methoxy groups -OCH3 is 1. The summed E-state index contributed by atoms with van der Waals surface area (Å²) in [6, 6.07) is 15.5. The molecule has 0 saturated carbocycles. The molecule has 2 aromatic carbocycles. The van der Waals surface area contributed by atoms with E-state index in [-0.39, 0.29) is 5.82 Å². The number of nitrogens with one attached hydrogen (secondary N) is 1. The third kappa shape index (κ3) is 4.07. The molecule has 0 bridgehead atoms. The highest BCUT2D eigenvalue weighted by molar-refractivity contribution is 5.28. The first-order valence-electron chi connectivity index (χ1n) is 6.79. The van der Waals surface area contributed by atoms with Gasteiger partial charge in [-0.3, -0.25) is 0 Å². The van der Waals surface area contributed by atoms with Crippen LogP contribution in [-0.2, 0) is 13.0 Å². The van der Waals surface area contributed by atoms with Crippen LogP contribution < -0.4 is 10.1 Å². The monoisotopic (exact) mass is 273 g/mol. The van der Waals surface area contributed by atoms with Crippen molar-refractivity contribution in [2.24, 2.45) is 0 Å². The molecule has 2 rings (SSSR count). The average Bonchev–Trinajstić information content (AvgIpc) is 2.47. The zero-order valence-electron chi connectivity index (χ0n) is 11.9. The number of rotatable bonds is 6. The molecule has 0 spiro atoms. The fourth-order valence-electron chi connectivity index (χ4n) is 2.12. The molecule has 0 aliphatic carbocycles. The van der Waals surface area contributed by atoms with Crippen molar-refractivity contribution in [3.05, 3.63) is 65.5 Å². The maximum absolute atomic E-state index is 13.8. The van der Waals surface area contributed by atoms with E-state index in [1.807, 2.05) is 18.2 Å². The van der Waals surface area contributed by atoms with E-state index in [9.17, 15) is 4.39 Å². The van der Waals surface area contributed by atoms with Crippen LogP contribution in [0.2, 0.25) is 0 Å². The zero-order chi connectivity index (χ0) is 14.4. The van der Waals surface area contributed by atoms with Gasteiger partial charge < -0.3 is 10.1 Å². The predicted octanol–water partition coefficient (Wildman–Crippen LogP) is 3.56. The van der Waals surface area contributed by atoms with Gasteiger partial charge in [-0.15, -0.1) is 0 Å². The first-order valence-corrected chi connectivity index (χ1v) is 6.79. The molecule has 0 amide bonds. The highest BCUT2D eigenvalue weighted by Gasteiger charge is 2.07. The molecule has 0 saturated heterocycles. The van der Waals surface area contributed by atoms with Gasteiger partial charge in [-0.1, -0.05) is 36.4 Å². The Kier molecular flexibility index (Phi) is 5.13. The van der Waals surface area contributed by atoms with Crippen molar-refractivity contribution in [2.75, 3.05) is 7.11 Å². The Bertz CT molecular complexity index is 542. The smallest absolute Gasteiger partial charge is 0.131 e. The molecule has 0 fully saturated rings. The molecule has 0 radical (unpaired) electrons. The van der Waals surface area contributed by atoms with Gasteiger partial charge in [-0.2, -0.15) is 0 Å². The van der Waals surface area contributed by atoms with Crippen LogP contribution in [0.25, 0.3) is 0 Å². The molecule has 106 valence electrons. The van der Waals surface area contributed by atoms with Crippen molar-refractivity contribution >= 4 is 0 Å². The quantitative estimate of drug-likeness (QED) is 0.869. The lowest BCUT2D eigenvalue weighted by atomic mass is 10.1. The van der Waals surface area contributed by atoms with Gasteiger partial charge in [0, 0.05) is 24.2 Å². The van der Waals surface area contributed by atoms with Gasteiger partial charge in [0.05, 0.1) is 7.11 Å². The lowest BCUT2D eigenvalue weighted by molar-refractivity contribution is 0.410. The fraction of sp³-hybridized carbons (Fsp3) is 0.294. The fourth-order valence-corrected chi connectivity index (χ4v) is 2.12. The molecular weight excluding hydrogens is 253 g/mol. The summed E-state index contributed by atoms with van der Waals surface area (Å²) in [6.45, 7) is 2.62. The lowest BCUT2D eigenvalue weighted by Gasteiger charge is -2.14. The van der Waals surface area contributed by atoms with Crippen molar-refractivity contribution in [1.29, 1.82) is 0 Å². The minimum atomic E-state index is -0.233. The molecule has 0 heterocycles. The third-order valence-corrected chi connectivity index (χ3v) is 3.29. The summed E-state index contributed by atoms with van der Waals surface area (Å²) in [5.41, 5.74) is 1.94. The highest BCUT2D eigenvalue weighted by Crippen LogP contribution is 2.16. The predicted molar refractivity (Wildman–Crippen MR) is 79.4 cm³/mol. The van der Waals surface area contributed by atoms with Crippen molar-refractivity contribution in [3.63, 3.8) is 0 Å². The van der Waals surface area contributed by atoms with E-state index in [2.05, 4.69) is 24.4 Å². The summed E-state index contributed by atoms with van der Waals surface area (Å²) in [4.78, 5) is 0. The second-order valence-corrected chi connectivity index (χ2v) is 4.93. The second-order valence-electron chi connectivity index (χ2n) is 4.93. The summed E-state index contributed by atoms with van der Waals surface area (Å²) in [5, 5.41) is 3.34. The Labute approximate surface area is 119 Å². The maximum Gasteiger partial charge on any atom is 0.131 e. The Morgan fingerprint density at radius 1 is 1.15 bits per heavy atom. The van der Waals surface area contributed by atoms with E-state index < -0.39 is 0 Å². The Morgan fingerprint density at radius 2 is 1.90 bits per heavy atom. The molecular formula is C17H20FNO. The summed E-state index contributed by atoms with van der Waals surface area (Å²) in [7, 11) is 1.54. The summed E-state index contributed by atoms with van der Waals surface area (Å²) < 4.78 is 18.8. The van der Waals surface area contributed by atoms with Crippen molar-refractivity contribution in [2.45, 2.75) is 25.9 Å². The summed E-state index contributed by atoms with van der Waals surface area (Å²) >= 11 is 0. The van der Waals surface area contributed by atoms with Crippen LogP contribution in [0, 0.1) is 5.82 Å². The standard InChI is InChI=1S/C17H20FNO/c1-13(10-14-6-4-3-5-7-14)19-12-15-8-9-16(20-2)11-17(15)18/h3-9,11,13,19H,10,12H2,1-2H3. The van der Waals surface area contributed by atoms with Crippen LogP contribution in [0.1, 0.15) is 18.1 Å². The first kappa shape index (κ1) is 14.5. The van der Waals surface area contributed by atoms with Crippen LogP contribution >= 0.6 is 0 Å². The number of ether oxygens (including phenoxy) is 1. The van der Waals surface area contributed by atoms with E-state index in [4.69, 9.17) is 4.74 Å². The van der Waals surface area contributed by atoms with Gasteiger partial charge in [0.1, 0.15) is 11.6 Å². The Morgan fingerprint density at radius 3 is 2.55 bits per heavy atom. The minimum absolute atomic E-state index is 0.233. The molecule has 20 heavy (non-hydrogen) atoms. The van der Waals surface area contributed by atoms with Crippen molar-refractivity contribution in [3.8, 4) is 5.75 Å². The molecule has 2 nitrogen and oxygen atoms in total. The van der Waals surface area contributed by atoms with Gasteiger partial charge in [-0.05, 0) is 25.0 Å². The Balaban J connectivity index is 1.88. The molecule has 0 aromatic heterocycles. The van der Waals surface area contributed by atoms with E-state index in [1.165, 1.54) is 18.7 Å². The molecule has 1 unspecified atom stereocenters. The van der Waals surface area contributed by atoms with E-state index >= 15 is 0 Å². The Hall–Kier alpha value is -1.87. The second kappa shape index (κ2) is 7.06. The lowest BCUT2D eigenvalue weighted by Crippen LogP contribution is -2.27. The van der Waals surface area contributed by atoms with Crippen LogP contribution in [0.4, 0.5) is 4.39 Å². The topological polar surface area (TPSA) is 21.3 Å². The number of halogens is 1. The van der Waals surface area contributed by atoms with Gasteiger partial charge in [-0.25, -0.2) is 4.39 Å². The molecule has 0 aliphatic rings. The molecule has 1 atom stereocenters. The SMILES string of the molecule is COc1ccc(CNC(C)Cc2ccccc2)c(F)c1. The van der Waals surface area contributed by atoms with Crippen molar-refractivity contribution in [1.82, 2.24) is 5.32 Å². The van der Waals surface area contributed by atoms with Gasteiger partial charge >= 0.3 is 0 Å². The molecule has 1 N–H and O–H groups in total. The number of benzene rings is 2. The summed E-state index contributed by atoms with van der Waals surface area (Å²) in [5.74, 6) is 0.312. The molecule has 2 aromatic rings. The minimum Gasteiger partial charge on any atom is -0.497 e. The normalized spacial score (nSPS) is 12.2. The van der Waals surface area contributed by atoms with E-state index in [0.29, 0.717) is 23.9 Å². The van der Waals surface area contributed by atoms with E-state index in [1.54, 1.807) is 12.1 Å². The van der Waals surface area contributed by atoms with Crippen LogP contribution in [-0.4, -0.2) is 13.2 Å². The number of hydrogen-bond donors (Lipinski definition) is 1. The molecule has 3 heteroatoms. The number of hydrogen-bond acceptors (Lipinski definition) is 2. The van der Waals surface area contributed by atoms with Crippen LogP contribution in [0.15, 0.2) is 48.5 Å². The van der Waals surface area contributed by atoms with Crippen LogP contribution in [0.3, 0.4) is 0 Å². The maximum atomic E-state index is 13.8. The van der Waals surface area contributed by atoms with Crippen molar-refractivity contribution < 1.29 is 9.13 Å². The van der Waals surface area contributed by atoms with E-state index in [0.717, 1.165) is 6.42 Å². The summed E-state index contributed by atoms with van der Waals surface area (Å²) in [6.07, 6.45) is 0.929. The van der Waals surface area contributed by atoms with Crippen LogP contribution in [0.5, 0.6) is 5.75 Å². The highest BCUT2D eigenvalue weighted by atomic mass is 19.1. The first-order chi connectivity index (χ1) is 9.69. The average molecular weight is 273 g/mol. The third-order valence-electron chi connectivity index (χ3n) is 3.29. The zero-order valence-corrected chi connectivity index (χ0v) is 11.9. The molecule has 0 aliphatic heterocycles.